The summed E-state index contributed by atoms with van der Waals surface area (Å²) in [5, 5.41) is 0. The summed E-state index contributed by atoms with van der Waals surface area (Å²) in [6, 6.07) is 0. The Morgan fingerprint density at radius 2 is 1.67 bits per heavy atom. The van der Waals surface area contributed by atoms with Crippen molar-refractivity contribution in [3.05, 3.63) is 0 Å². The van der Waals surface area contributed by atoms with Crippen LogP contribution in [0.25, 0.3) is 0 Å². The third-order valence-corrected chi connectivity index (χ3v) is 2.40. The largest absolute Gasteiger partial charge is 0.299 e. The van der Waals surface area contributed by atoms with Gasteiger partial charge in [-0.25, -0.2) is 0 Å². The first-order valence-electron chi connectivity index (χ1n) is 4.49. The molecule has 0 amide bonds. The first kappa shape index (κ1) is 8.16. The van der Waals surface area contributed by atoms with Crippen molar-refractivity contribution < 1.29 is 19.3 Å². The highest BCUT2D eigenvalue weighted by atomic mass is 17.0. The first-order valence-corrected chi connectivity index (χ1v) is 4.49. The number of rotatable bonds is 0. The van der Waals surface area contributed by atoms with Crippen molar-refractivity contribution in [1.82, 2.24) is 0 Å². The average Bonchev–Trinajstić information content (AvgIpc) is 2.13. The Labute approximate surface area is 71.5 Å². The average molecular weight is 172 g/mol. The van der Waals surface area contributed by atoms with Gasteiger partial charge in [-0.05, 0) is 4.81 Å². The maximum atomic E-state index is 11.0. The van der Waals surface area contributed by atoms with Crippen molar-refractivity contribution in [3.8, 4) is 0 Å². The van der Waals surface area contributed by atoms with Gasteiger partial charge in [-0.2, -0.15) is 9.68 Å². The third-order valence-electron chi connectivity index (χ3n) is 2.40. The van der Waals surface area contributed by atoms with Crippen LogP contribution in [0.1, 0.15) is 19.3 Å². The van der Waals surface area contributed by atoms with Gasteiger partial charge in [0.05, 0.1) is 12.8 Å². The Morgan fingerprint density at radius 3 is 2.25 bits per heavy atom. The number of carbonyl (C=O) groups excluding carboxylic acids is 1. The zero-order chi connectivity index (χ0) is 8.44. The molecule has 2 aliphatic rings. The Balaban J connectivity index is 1.96. The van der Waals surface area contributed by atoms with Crippen LogP contribution < -0.4 is 0 Å². The lowest BCUT2D eigenvalue weighted by molar-refractivity contribution is -1.25. The van der Waals surface area contributed by atoms with E-state index in [4.69, 9.17) is 9.68 Å². The minimum Gasteiger partial charge on any atom is -0.299 e. The number of quaternary nitrogens is 1. The lowest BCUT2D eigenvalue weighted by atomic mass is 10.1. The summed E-state index contributed by atoms with van der Waals surface area (Å²) in [5.41, 5.74) is 0. The van der Waals surface area contributed by atoms with E-state index in [9.17, 15) is 4.79 Å². The second kappa shape index (κ2) is 3.12. The van der Waals surface area contributed by atoms with E-state index in [0.717, 1.165) is 19.6 Å². The van der Waals surface area contributed by atoms with E-state index >= 15 is 0 Å². The fourth-order valence-corrected chi connectivity index (χ4v) is 1.64. The van der Waals surface area contributed by atoms with Crippen molar-refractivity contribution >= 4 is 5.78 Å². The molecule has 68 valence electrons. The molecule has 2 saturated heterocycles. The van der Waals surface area contributed by atoms with E-state index < -0.39 is 0 Å². The van der Waals surface area contributed by atoms with Gasteiger partial charge in [0.1, 0.15) is 32.1 Å². The maximum Gasteiger partial charge on any atom is 0.149 e. The van der Waals surface area contributed by atoms with Crippen LogP contribution in [0.3, 0.4) is 0 Å². The highest BCUT2D eigenvalue weighted by Crippen LogP contribution is 2.21. The third kappa shape index (κ3) is 1.50. The summed E-state index contributed by atoms with van der Waals surface area (Å²) in [6.07, 6.45) is 2.16. The quantitative estimate of drug-likeness (QED) is 0.497. The first-order chi connectivity index (χ1) is 5.81. The summed E-state index contributed by atoms with van der Waals surface area (Å²) in [7, 11) is 0. The molecule has 0 radical (unpaired) electrons. The number of Topliss-reactive ketones (excluding diaryl/α,β-unsaturated/α-hetero) is 1. The van der Waals surface area contributed by atoms with Gasteiger partial charge < -0.3 is 0 Å². The van der Waals surface area contributed by atoms with Gasteiger partial charge in [-0.3, -0.25) is 4.79 Å². The van der Waals surface area contributed by atoms with Crippen molar-refractivity contribution in [2.24, 2.45) is 0 Å². The maximum absolute atomic E-state index is 11.0. The minimum atomic E-state index is 0.270. The molecule has 2 rings (SSSR count). The molecule has 0 aromatic carbocycles. The van der Waals surface area contributed by atoms with Crippen LogP contribution in [-0.2, 0) is 14.5 Å². The normalized spacial score (nSPS) is 29.2. The van der Waals surface area contributed by atoms with Crippen LogP contribution in [-0.4, -0.2) is 36.9 Å². The van der Waals surface area contributed by atoms with Crippen molar-refractivity contribution in [1.29, 1.82) is 0 Å². The summed E-state index contributed by atoms with van der Waals surface area (Å²) < 4.78 is 0. The van der Waals surface area contributed by atoms with E-state index in [-0.39, 0.29) is 4.81 Å². The lowest BCUT2D eigenvalue weighted by Crippen LogP contribution is -2.55. The molecule has 12 heavy (non-hydrogen) atoms. The van der Waals surface area contributed by atoms with E-state index in [1.807, 2.05) is 0 Å². The number of nitrogens with zero attached hydrogens (tertiary/aromatic N) is 1. The highest BCUT2D eigenvalue weighted by Gasteiger charge is 2.39. The molecular formula is C8H14NO3+. The van der Waals surface area contributed by atoms with E-state index in [1.165, 1.54) is 0 Å². The van der Waals surface area contributed by atoms with Gasteiger partial charge in [0.25, 0.3) is 0 Å². The van der Waals surface area contributed by atoms with Crippen LogP contribution in [0.4, 0.5) is 0 Å². The summed E-state index contributed by atoms with van der Waals surface area (Å²) in [5.74, 6) is 0.330. The fourth-order valence-electron chi connectivity index (χ4n) is 1.64. The summed E-state index contributed by atoms with van der Waals surface area (Å²) >= 11 is 0. The Morgan fingerprint density at radius 1 is 1.08 bits per heavy atom. The summed E-state index contributed by atoms with van der Waals surface area (Å²) in [6.45, 7) is 2.90. The lowest BCUT2D eigenvalue weighted by Gasteiger charge is -2.37. The Kier molecular flexibility index (Phi) is 2.12. The molecule has 4 heteroatoms. The molecule has 0 saturated carbocycles. The Bertz CT molecular complexity index is 175. The molecule has 2 aliphatic heterocycles. The molecule has 0 unspecified atom stereocenters. The molecule has 4 nitrogen and oxygen atoms in total. The second-order valence-electron chi connectivity index (χ2n) is 3.32. The SMILES string of the molecule is O=C1CC[N+]2(CC1)OCCCO2. The summed E-state index contributed by atoms with van der Waals surface area (Å²) in [4.78, 5) is 22.3. The van der Waals surface area contributed by atoms with Gasteiger partial charge in [0, 0.05) is 6.42 Å². The number of hydrogen-bond donors (Lipinski definition) is 0. The van der Waals surface area contributed by atoms with Crippen molar-refractivity contribution in [2.75, 3.05) is 26.3 Å². The van der Waals surface area contributed by atoms with Crippen molar-refractivity contribution in [3.63, 3.8) is 0 Å². The van der Waals surface area contributed by atoms with Gasteiger partial charge in [-0.15, -0.1) is 0 Å². The van der Waals surface area contributed by atoms with Crippen LogP contribution in [0, 0.1) is 0 Å². The van der Waals surface area contributed by atoms with E-state index in [1.54, 1.807) is 0 Å². The molecule has 2 heterocycles. The molecular weight excluding hydrogens is 158 g/mol. The number of hydrogen-bond acceptors (Lipinski definition) is 3. The number of ketones is 1. The smallest absolute Gasteiger partial charge is 0.149 e. The molecule has 1 spiro atoms. The van der Waals surface area contributed by atoms with Crippen molar-refractivity contribution in [2.45, 2.75) is 19.3 Å². The minimum absolute atomic E-state index is 0.270. The van der Waals surface area contributed by atoms with Crippen LogP contribution >= 0.6 is 0 Å². The Hall–Kier alpha value is -0.450. The monoisotopic (exact) mass is 172 g/mol. The molecule has 0 atom stereocenters. The van der Waals surface area contributed by atoms with E-state index in [0.29, 0.717) is 31.7 Å². The van der Waals surface area contributed by atoms with Gasteiger partial charge in [0.15, 0.2) is 0 Å². The van der Waals surface area contributed by atoms with Crippen LogP contribution in [0.15, 0.2) is 0 Å². The predicted molar refractivity (Wildman–Crippen MR) is 40.8 cm³/mol. The topological polar surface area (TPSA) is 35.5 Å². The predicted octanol–water partition coefficient (Wildman–Crippen LogP) is 0.433. The molecule has 0 aliphatic carbocycles. The number of hydroxylamine groups is 4. The van der Waals surface area contributed by atoms with Crippen LogP contribution in [0.5, 0.6) is 0 Å². The van der Waals surface area contributed by atoms with Gasteiger partial charge in [0.2, 0.25) is 0 Å². The molecule has 0 bridgehead atoms. The van der Waals surface area contributed by atoms with Gasteiger partial charge >= 0.3 is 0 Å². The zero-order valence-corrected chi connectivity index (χ0v) is 7.12. The second-order valence-corrected chi connectivity index (χ2v) is 3.32. The van der Waals surface area contributed by atoms with Crippen LogP contribution in [0.2, 0.25) is 0 Å². The zero-order valence-electron chi connectivity index (χ0n) is 7.12. The molecule has 2 fully saturated rings. The standard InChI is InChI=1S/C8H14NO3/c10-8-2-4-9(5-3-8)11-6-1-7-12-9/h1-7H2/q+1. The number of piperidine rings is 1. The molecule has 0 aromatic rings. The highest BCUT2D eigenvalue weighted by molar-refractivity contribution is 5.78. The number of carbonyl (C=O) groups is 1. The van der Waals surface area contributed by atoms with E-state index in [2.05, 4.69) is 0 Å². The molecule has 0 N–H and O–H groups in total. The van der Waals surface area contributed by atoms with Gasteiger partial charge in [-0.1, -0.05) is 0 Å². The molecule has 0 aromatic heterocycles. The fraction of sp³-hybridized carbons (Fsp3) is 0.875.